The monoisotopic (exact) mass is 856 g/mol. The van der Waals surface area contributed by atoms with Crippen LogP contribution in [0.3, 0.4) is 0 Å². The second-order valence-corrected chi connectivity index (χ2v) is 17.8. The summed E-state index contributed by atoms with van der Waals surface area (Å²) in [6, 6.07) is 6.97. The molecule has 2 saturated carbocycles. The Hall–Kier alpha value is -5.16. The molecule has 3 unspecified atom stereocenters. The Morgan fingerprint density at radius 3 is 1.92 bits per heavy atom. The summed E-state index contributed by atoms with van der Waals surface area (Å²) in [7, 11) is 1.69. The van der Waals surface area contributed by atoms with Crippen LogP contribution in [0.1, 0.15) is 75.1 Å². The Labute approximate surface area is 354 Å². The van der Waals surface area contributed by atoms with E-state index in [0.29, 0.717) is 75.8 Å². The predicted molar refractivity (Wildman–Crippen MR) is 228 cm³/mol. The minimum atomic E-state index is -1.26. The summed E-state index contributed by atoms with van der Waals surface area (Å²) in [5.74, 6) is 2.00. The summed E-state index contributed by atoms with van der Waals surface area (Å²) in [5, 5.41) is 29.5. The number of imidazole rings is 2. The lowest BCUT2D eigenvalue weighted by Crippen LogP contribution is -2.46. The number of nitrogens with zero attached hydrogens (tertiary/aromatic N) is 8. The molecule has 2 fully saturated rings. The third-order valence-corrected chi connectivity index (χ3v) is 13.8. The number of aliphatic hydroxyl groups excluding tert-OH is 1. The molecule has 2 aromatic carbocycles. The summed E-state index contributed by atoms with van der Waals surface area (Å²) < 4.78 is 18.0. The maximum Gasteiger partial charge on any atom is 0.330 e. The normalized spacial score (nSPS) is 23.7. The lowest BCUT2D eigenvalue weighted by Gasteiger charge is -2.41. The molecule has 314 valence electrons. The average Bonchev–Trinajstić information content (AvgIpc) is 4.00. The molecule has 0 bridgehead atoms. The maximum atomic E-state index is 14.6. The molecule has 0 saturated heterocycles. The summed E-state index contributed by atoms with van der Waals surface area (Å²) in [5.41, 5.74) is 3.72. The number of fused-ring (bicyclic) bond motifs is 4. The third-order valence-electron chi connectivity index (χ3n) is 13.2. The molecule has 16 nitrogen and oxygen atoms in total. The van der Waals surface area contributed by atoms with Crippen molar-refractivity contribution in [2.75, 3.05) is 30.5 Å². The molecule has 0 spiro atoms. The lowest BCUT2D eigenvalue weighted by molar-refractivity contribution is -0.0538. The van der Waals surface area contributed by atoms with Gasteiger partial charge in [-0.1, -0.05) is 23.2 Å². The molecule has 4 N–H and O–H groups in total. The highest BCUT2D eigenvalue weighted by Crippen LogP contribution is 2.42. The van der Waals surface area contributed by atoms with Gasteiger partial charge in [0, 0.05) is 63.2 Å². The van der Waals surface area contributed by atoms with E-state index in [4.69, 9.17) is 42.6 Å². The fraction of sp³-hybridized carbons (Fsp3) is 0.476. The fourth-order valence-corrected chi connectivity index (χ4v) is 10.1. The number of nitrogens with one attached hydrogen (secondary N) is 2. The lowest BCUT2D eigenvalue weighted by atomic mass is 9.74. The van der Waals surface area contributed by atoms with Gasteiger partial charge in [-0.05, 0) is 81.0 Å². The minimum absolute atomic E-state index is 0.115. The van der Waals surface area contributed by atoms with E-state index < -0.39 is 5.60 Å². The number of aromatic nitrogens is 8. The van der Waals surface area contributed by atoms with E-state index in [9.17, 15) is 19.8 Å². The summed E-state index contributed by atoms with van der Waals surface area (Å²) >= 11 is 13.2. The van der Waals surface area contributed by atoms with Crippen molar-refractivity contribution in [3.05, 3.63) is 78.8 Å². The van der Waals surface area contributed by atoms with Gasteiger partial charge in [-0.15, -0.1) is 0 Å². The Morgan fingerprint density at radius 1 is 0.783 bits per heavy atom. The maximum absolute atomic E-state index is 14.6. The quantitative estimate of drug-likeness (QED) is 0.129. The van der Waals surface area contributed by atoms with Crippen LogP contribution in [0.25, 0.3) is 22.3 Å². The van der Waals surface area contributed by atoms with Gasteiger partial charge in [-0.25, -0.2) is 19.6 Å². The number of aliphatic hydroxyl groups is 2. The van der Waals surface area contributed by atoms with E-state index >= 15 is 0 Å². The molecule has 0 radical (unpaired) electrons. The van der Waals surface area contributed by atoms with Gasteiger partial charge in [0.2, 0.25) is 11.9 Å². The fourth-order valence-electron chi connectivity index (χ4n) is 9.75. The molecule has 2 aliphatic heterocycles. The molecule has 4 aromatic heterocycles. The van der Waals surface area contributed by atoms with Crippen LogP contribution < -0.4 is 31.5 Å². The van der Waals surface area contributed by atoms with E-state index in [0.717, 1.165) is 61.2 Å². The highest BCUT2D eigenvalue weighted by Gasteiger charge is 2.42. The summed E-state index contributed by atoms with van der Waals surface area (Å²) in [6.45, 7) is 3.34. The van der Waals surface area contributed by atoms with Crippen LogP contribution in [0.15, 0.2) is 46.2 Å². The molecule has 18 heteroatoms. The first-order valence-corrected chi connectivity index (χ1v) is 21.4. The van der Waals surface area contributed by atoms with Crippen LogP contribution in [-0.2, 0) is 26.4 Å². The van der Waals surface area contributed by atoms with Gasteiger partial charge < -0.3 is 30.3 Å². The number of ether oxygens (including phenoxy) is 2. The molecule has 6 aromatic rings. The zero-order chi connectivity index (χ0) is 41.4. The molecule has 4 aliphatic rings. The van der Waals surface area contributed by atoms with Crippen LogP contribution in [0.5, 0.6) is 11.5 Å². The van der Waals surface area contributed by atoms with E-state index in [-0.39, 0.29) is 60.8 Å². The Morgan fingerprint density at radius 2 is 1.33 bits per heavy atom. The van der Waals surface area contributed by atoms with E-state index in [1.165, 1.54) is 4.57 Å². The second-order valence-electron chi connectivity index (χ2n) is 17.0. The first-order chi connectivity index (χ1) is 28.9. The Bertz CT molecular complexity index is 2790. The Kier molecular flexibility index (Phi) is 9.80. The van der Waals surface area contributed by atoms with Crippen molar-refractivity contribution in [1.82, 2.24) is 38.2 Å². The second kappa shape index (κ2) is 15.1. The SMILES string of the molecule is Cn1c(=O)n(C2CCC(Cn3c(=O)n(C4CCC(CO)CC4)c4nc(Nc5cc6c(cc5Cl)OCC6)ncc43)C(C)(O)C2)c2nc(Nc3cc4c(cc3Cl)OCC4)ncc21. The number of rotatable bonds is 9. The zero-order valence-electron chi connectivity index (χ0n) is 33.3. The molecule has 3 atom stereocenters. The van der Waals surface area contributed by atoms with Crippen LogP contribution >= 0.6 is 23.2 Å². The van der Waals surface area contributed by atoms with E-state index in [1.807, 2.05) is 12.1 Å². The topological polar surface area (TPSA) is 188 Å². The molecule has 2 aliphatic carbocycles. The summed E-state index contributed by atoms with van der Waals surface area (Å²) in [6.07, 6.45) is 9.26. The standard InChI is InChI=1S/C42H46Cl2N10O6/c1-42(58)17-27(54-36-32(51(2)40(54)56)18-45-38(49-36)47-30-13-23-9-11-59-34(23)15-28(30)43)8-5-25(42)20-52-33-19-46-39(48-31-14-24-10-12-60-35(24)16-29(31)44)50-37(33)53(41(52)57)26-6-3-22(21-55)4-7-26/h13-16,18-19,22,25-27,55,58H,3-12,17,20-21H2,1-2H3,(H,45,47,49)(H,46,48,50). The van der Waals surface area contributed by atoms with Gasteiger partial charge in [-0.3, -0.25) is 18.3 Å². The van der Waals surface area contributed by atoms with Gasteiger partial charge in [0.25, 0.3) is 0 Å². The van der Waals surface area contributed by atoms with Crippen LogP contribution in [-0.4, -0.2) is 73.8 Å². The van der Waals surface area contributed by atoms with Gasteiger partial charge in [0.1, 0.15) is 22.5 Å². The van der Waals surface area contributed by atoms with E-state index in [1.54, 1.807) is 52.2 Å². The predicted octanol–water partition coefficient (Wildman–Crippen LogP) is 6.22. The highest BCUT2D eigenvalue weighted by molar-refractivity contribution is 6.34. The van der Waals surface area contributed by atoms with E-state index in [2.05, 4.69) is 20.6 Å². The number of hydrogen-bond acceptors (Lipinski definition) is 12. The largest absolute Gasteiger partial charge is 0.493 e. The minimum Gasteiger partial charge on any atom is -0.493 e. The number of halogens is 2. The zero-order valence-corrected chi connectivity index (χ0v) is 34.8. The van der Waals surface area contributed by atoms with Crippen LogP contribution in [0.2, 0.25) is 10.0 Å². The molecular weight excluding hydrogens is 811 g/mol. The van der Waals surface area contributed by atoms with Crippen molar-refractivity contribution in [3.8, 4) is 11.5 Å². The van der Waals surface area contributed by atoms with Crippen molar-refractivity contribution < 1.29 is 19.7 Å². The van der Waals surface area contributed by atoms with Crippen molar-refractivity contribution >= 4 is 68.8 Å². The molecule has 10 rings (SSSR count). The van der Waals surface area contributed by atoms with Crippen LogP contribution in [0, 0.1) is 11.8 Å². The number of anilines is 4. The first kappa shape index (κ1) is 39.0. The number of benzene rings is 2. The van der Waals surface area contributed by atoms with Crippen molar-refractivity contribution in [3.63, 3.8) is 0 Å². The smallest absolute Gasteiger partial charge is 0.330 e. The molecule has 6 heterocycles. The molecule has 60 heavy (non-hydrogen) atoms. The van der Waals surface area contributed by atoms with Gasteiger partial charge in [-0.2, -0.15) is 9.97 Å². The third kappa shape index (κ3) is 6.77. The van der Waals surface area contributed by atoms with Gasteiger partial charge >= 0.3 is 11.4 Å². The van der Waals surface area contributed by atoms with Crippen molar-refractivity contribution in [2.24, 2.45) is 18.9 Å². The first-order valence-electron chi connectivity index (χ1n) is 20.6. The summed E-state index contributed by atoms with van der Waals surface area (Å²) in [4.78, 5) is 47.3. The van der Waals surface area contributed by atoms with Crippen molar-refractivity contribution in [2.45, 2.75) is 88.9 Å². The average molecular weight is 858 g/mol. The highest BCUT2D eigenvalue weighted by atomic mass is 35.5. The number of hydrogen-bond donors (Lipinski definition) is 4. The van der Waals surface area contributed by atoms with Gasteiger partial charge in [0.05, 0.1) is 52.6 Å². The van der Waals surface area contributed by atoms with Crippen LogP contribution in [0.4, 0.5) is 23.3 Å². The van der Waals surface area contributed by atoms with Crippen molar-refractivity contribution in [1.29, 1.82) is 0 Å². The molecule has 0 amide bonds. The Balaban J connectivity index is 0.941. The van der Waals surface area contributed by atoms with Gasteiger partial charge in [0.15, 0.2) is 11.3 Å². The number of aryl methyl sites for hydroxylation is 1. The molecular formula is C42H46Cl2N10O6.